The highest BCUT2D eigenvalue weighted by Gasteiger charge is 2.01. The molecule has 0 atom stereocenters. The number of hydrogen-bond acceptors (Lipinski definition) is 3. The van der Waals surface area contributed by atoms with E-state index >= 15 is 0 Å². The van der Waals surface area contributed by atoms with Crippen molar-refractivity contribution >= 4 is 5.78 Å². The van der Waals surface area contributed by atoms with E-state index in [2.05, 4.69) is 4.98 Å². The lowest BCUT2D eigenvalue weighted by Gasteiger charge is -1.93. The molecule has 0 fully saturated rings. The van der Waals surface area contributed by atoms with Crippen molar-refractivity contribution in [3.8, 4) is 0 Å². The summed E-state index contributed by atoms with van der Waals surface area (Å²) in [7, 11) is 0. The van der Waals surface area contributed by atoms with E-state index in [-0.39, 0.29) is 5.78 Å². The first-order valence-corrected chi connectivity index (χ1v) is 3.59. The summed E-state index contributed by atoms with van der Waals surface area (Å²) in [4.78, 5) is 15.1. The minimum atomic E-state index is -0.157. The van der Waals surface area contributed by atoms with Crippen molar-refractivity contribution in [3.05, 3.63) is 41.9 Å². The SMILES string of the molecule is C/C(N)=C/C(=O)c1ccccn1. The lowest BCUT2D eigenvalue weighted by Crippen LogP contribution is -2.01. The minimum Gasteiger partial charge on any atom is -0.402 e. The predicted octanol–water partition coefficient (Wildman–Crippen LogP) is 1.13. The lowest BCUT2D eigenvalue weighted by atomic mass is 10.2. The zero-order valence-corrected chi connectivity index (χ0v) is 6.82. The average Bonchev–Trinajstić information content (AvgIpc) is 2.05. The van der Waals surface area contributed by atoms with Crippen molar-refractivity contribution in [2.45, 2.75) is 6.92 Å². The van der Waals surface area contributed by atoms with Crippen molar-refractivity contribution < 1.29 is 4.79 Å². The summed E-state index contributed by atoms with van der Waals surface area (Å²) in [5.41, 5.74) is 6.25. The second kappa shape index (κ2) is 3.67. The quantitative estimate of drug-likeness (QED) is 0.523. The molecule has 2 N–H and O–H groups in total. The van der Waals surface area contributed by atoms with Gasteiger partial charge >= 0.3 is 0 Å². The van der Waals surface area contributed by atoms with E-state index in [0.717, 1.165) is 0 Å². The molecule has 62 valence electrons. The summed E-state index contributed by atoms with van der Waals surface area (Å²) < 4.78 is 0. The number of rotatable bonds is 2. The molecule has 3 nitrogen and oxygen atoms in total. The normalized spacial score (nSPS) is 11.2. The van der Waals surface area contributed by atoms with E-state index in [9.17, 15) is 4.79 Å². The van der Waals surface area contributed by atoms with Crippen LogP contribution in [-0.4, -0.2) is 10.8 Å². The molecule has 0 saturated carbocycles. The summed E-state index contributed by atoms with van der Waals surface area (Å²) >= 11 is 0. The molecule has 0 spiro atoms. The van der Waals surface area contributed by atoms with Gasteiger partial charge in [-0.05, 0) is 19.1 Å². The molecule has 1 aromatic rings. The molecular formula is C9H10N2O. The van der Waals surface area contributed by atoms with Crippen LogP contribution in [0, 0.1) is 0 Å². The van der Waals surface area contributed by atoms with Gasteiger partial charge in [0.2, 0.25) is 5.78 Å². The number of nitrogens with two attached hydrogens (primary N) is 1. The molecule has 1 aromatic heterocycles. The van der Waals surface area contributed by atoms with Gasteiger partial charge in [0.25, 0.3) is 0 Å². The van der Waals surface area contributed by atoms with Gasteiger partial charge in [-0.2, -0.15) is 0 Å². The van der Waals surface area contributed by atoms with Gasteiger partial charge in [0.05, 0.1) is 0 Å². The molecule has 3 heteroatoms. The van der Waals surface area contributed by atoms with Crippen LogP contribution in [0.5, 0.6) is 0 Å². The van der Waals surface area contributed by atoms with E-state index in [1.165, 1.54) is 6.08 Å². The van der Waals surface area contributed by atoms with E-state index in [0.29, 0.717) is 11.4 Å². The molecule has 0 saturated heterocycles. The van der Waals surface area contributed by atoms with Crippen LogP contribution in [0.3, 0.4) is 0 Å². The summed E-state index contributed by atoms with van der Waals surface area (Å²) in [5, 5.41) is 0. The molecule has 0 bridgehead atoms. The Kier molecular flexibility index (Phi) is 2.58. The standard InChI is InChI=1S/C9H10N2O/c1-7(10)6-9(12)8-4-2-3-5-11-8/h2-6H,10H2,1H3/b7-6-. The molecule has 0 aromatic carbocycles. The van der Waals surface area contributed by atoms with Gasteiger partial charge in [-0.25, -0.2) is 0 Å². The number of aromatic nitrogens is 1. The molecule has 0 unspecified atom stereocenters. The monoisotopic (exact) mass is 162 g/mol. The van der Waals surface area contributed by atoms with Crippen LogP contribution in [0.4, 0.5) is 0 Å². The van der Waals surface area contributed by atoms with Gasteiger partial charge in [-0.3, -0.25) is 9.78 Å². The maximum absolute atomic E-state index is 11.2. The first-order valence-electron chi connectivity index (χ1n) is 3.59. The average molecular weight is 162 g/mol. The number of carbonyl (C=O) groups is 1. The van der Waals surface area contributed by atoms with Crippen LogP contribution in [0.2, 0.25) is 0 Å². The molecule has 0 aliphatic heterocycles. The van der Waals surface area contributed by atoms with Gasteiger partial charge in [0.1, 0.15) is 5.69 Å². The second-order valence-corrected chi connectivity index (χ2v) is 2.47. The van der Waals surface area contributed by atoms with Crippen LogP contribution >= 0.6 is 0 Å². The highest BCUT2D eigenvalue weighted by molar-refractivity contribution is 6.03. The van der Waals surface area contributed by atoms with Crippen molar-refractivity contribution in [2.75, 3.05) is 0 Å². The van der Waals surface area contributed by atoms with E-state index in [4.69, 9.17) is 5.73 Å². The van der Waals surface area contributed by atoms with Crippen LogP contribution in [0.15, 0.2) is 36.2 Å². The van der Waals surface area contributed by atoms with E-state index in [1.54, 1.807) is 31.3 Å². The molecular weight excluding hydrogens is 152 g/mol. The maximum Gasteiger partial charge on any atom is 0.205 e. The fourth-order valence-electron chi connectivity index (χ4n) is 0.789. The Morgan fingerprint density at radius 3 is 2.83 bits per heavy atom. The molecule has 0 aliphatic carbocycles. The van der Waals surface area contributed by atoms with Crippen molar-refractivity contribution in [1.29, 1.82) is 0 Å². The largest absolute Gasteiger partial charge is 0.402 e. The van der Waals surface area contributed by atoms with Gasteiger partial charge in [0, 0.05) is 18.0 Å². The summed E-state index contributed by atoms with van der Waals surface area (Å²) in [6.45, 7) is 1.67. The summed E-state index contributed by atoms with van der Waals surface area (Å²) in [6.07, 6.45) is 2.94. The highest BCUT2D eigenvalue weighted by atomic mass is 16.1. The Balaban J connectivity index is 2.87. The van der Waals surface area contributed by atoms with Crippen molar-refractivity contribution in [2.24, 2.45) is 5.73 Å². The lowest BCUT2D eigenvalue weighted by molar-refractivity contribution is 0.104. The van der Waals surface area contributed by atoms with Crippen LogP contribution < -0.4 is 5.73 Å². The third-order valence-corrected chi connectivity index (χ3v) is 1.28. The highest BCUT2D eigenvalue weighted by Crippen LogP contribution is 1.97. The predicted molar refractivity (Wildman–Crippen MR) is 46.5 cm³/mol. The Hall–Kier alpha value is -1.64. The molecule has 0 amide bonds. The summed E-state index contributed by atoms with van der Waals surface area (Å²) in [6, 6.07) is 5.18. The van der Waals surface area contributed by atoms with Crippen molar-refractivity contribution in [1.82, 2.24) is 4.98 Å². The van der Waals surface area contributed by atoms with Gasteiger partial charge in [0.15, 0.2) is 0 Å². The van der Waals surface area contributed by atoms with Crippen LogP contribution in [0.25, 0.3) is 0 Å². The van der Waals surface area contributed by atoms with Crippen LogP contribution in [-0.2, 0) is 0 Å². The maximum atomic E-state index is 11.2. The van der Waals surface area contributed by atoms with E-state index in [1.807, 2.05) is 0 Å². The molecule has 1 rings (SSSR count). The third-order valence-electron chi connectivity index (χ3n) is 1.28. The molecule has 12 heavy (non-hydrogen) atoms. The fraction of sp³-hybridized carbons (Fsp3) is 0.111. The zero-order chi connectivity index (χ0) is 8.97. The van der Waals surface area contributed by atoms with Crippen LogP contribution in [0.1, 0.15) is 17.4 Å². The smallest absolute Gasteiger partial charge is 0.205 e. The van der Waals surface area contributed by atoms with E-state index < -0.39 is 0 Å². The number of allylic oxidation sites excluding steroid dienone is 2. The van der Waals surface area contributed by atoms with Gasteiger partial charge in [-0.15, -0.1) is 0 Å². The second-order valence-electron chi connectivity index (χ2n) is 2.47. The Labute approximate surface area is 70.9 Å². The minimum absolute atomic E-state index is 0.157. The number of pyridine rings is 1. The fourth-order valence-corrected chi connectivity index (χ4v) is 0.789. The third kappa shape index (κ3) is 2.20. The number of hydrogen-bond donors (Lipinski definition) is 1. The Morgan fingerprint density at radius 1 is 1.58 bits per heavy atom. The molecule has 0 radical (unpaired) electrons. The first kappa shape index (κ1) is 8.46. The van der Waals surface area contributed by atoms with Crippen molar-refractivity contribution in [3.63, 3.8) is 0 Å². The molecule has 1 heterocycles. The number of carbonyl (C=O) groups excluding carboxylic acids is 1. The summed E-state index contributed by atoms with van der Waals surface area (Å²) in [5.74, 6) is -0.157. The first-order chi connectivity index (χ1) is 5.70. The van der Waals surface area contributed by atoms with Gasteiger partial charge < -0.3 is 5.73 Å². The zero-order valence-electron chi connectivity index (χ0n) is 6.82. The number of ketones is 1. The topological polar surface area (TPSA) is 56.0 Å². The Bertz CT molecular complexity index is 300. The Morgan fingerprint density at radius 2 is 2.33 bits per heavy atom. The number of nitrogens with zero attached hydrogens (tertiary/aromatic N) is 1. The molecule has 0 aliphatic rings. The van der Waals surface area contributed by atoms with Gasteiger partial charge in [-0.1, -0.05) is 6.07 Å².